The molecule has 0 aromatic heterocycles. The van der Waals surface area contributed by atoms with E-state index in [9.17, 15) is 4.79 Å². The van der Waals surface area contributed by atoms with Crippen molar-refractivity contribution in [1.82, 2.24) is 0 Å². The molecule has 0 saturated heterocycles. The van der Waals surface area contributed by atoms with Crippen LogP contribution < -0.4 is 0 Å². The Morgan fingerprint density at radius 2 is 1.45 bits per heavy atom. The predicted octanol–water partition coefficient (Wildman–Crippen LogP) is -1.44. The van der Waals surface area contributed by atoms with Gasteiger partial charge in [0.05, 0.1) is 5.76 Å². The van der Waals surface area contributed by atoms with Crippen LogP contribution in [0.4, 0.5) is 0 Å². The van der Waals surface area contributed by atoms with Gasteiger partial charge in [-0.15, -0.1) is 0 Å². The van der Waals surface area contributed by atoms with E-state index in [1.165, 1.54) is 19.9 Å². The molecule has 0 fully saturated rings. The van der Waals surface area contributed by atoms with Gasteiger partial charge < -0.3 is 21.5 Å². The maximum absolute atomic E-state index is 10.0. The second-order valence-electron chi connectivity index (χ2n) is 1.40. The van der Waals surface area contributed by atoms with Gasteiger partial charge in [0.2, 0.25) is 0 Å². The van der Waals surface area contributed by atoms with Crippen LogP contribution in [0, 0.1) is 40.8 Å². The van der Waals surface area contributed by atoms with E-state index in [1.807, 2.05) is 0 Å². The Morgan fingerprint density at radius 3 is 1.45 bits per heavy atom. The number of ketones is 1. The van der Waals surface area contributed by atoms with Crippen molar-refractivity contribution in [2.24, 2.45) is 0 Å². The van der Waals surface area contributed by atoms with Crippen LogP contribution >= 0.6 is 0 Å². The first-order valence-corrected chi connectivity index (χ1v) is 2.01. The molecule has 0 aromatic carbocycles. The van der Waals surface area contributed by atoms with Gasteiger partial charge in [-0.2, -0.15) is 0 Å². The number of aliphatic hydroxyl groups excluding tert-OH is 1. The maximum Gasteiger partial charge on any atom is 0.155 e. The summed E-state index contributed by atoms with van der Waals surface area (Å²) in [5.74, 6) is -0.0625. The number of carbonyl (C=O) groups excluding carboxylic acids is 1. The van der Waals surface area contributed by atoms with Crippen molar-refractivity contribution in [2.45, 2.75) is 13.8 Å². The van der Waals surface area contributed by atoms with E-state index in [0.29, 0.717) is 0 Å². The summed E-state index contributed by atoms with van der Waals surface area (Å²) in [6.45, 7) is 2.85. The molecule has 0 saturated carbocycles. The maximum atomic E-state index is 10.0. The molecule has 0 aliphatic heterocycles. The molecule has 0 rings (SSSR count). The van der Waals surface area contributed by atoms with Crippen LogP contribution in [0.5, 0.6) is 0 Å². The minimum atomic E-state index is -0.125. The first-order valence-electron chi connectivity index (χ1n) is 2.01. The molecule has 68 valence electrons. The molecule has 11 heavy (non-hydrogen) atoms. The topological polar surface area (TPSA) is 132 Å². The van der Waals surface area contributed by atoms with Crippen molar-refractivity contribution in [3.63, 3.8) is 0 Å². The van der Waals surface area contributed by atoms with Gasteiger partial charge in [0.25, 0.3) is 0 Å². The molecule has 0 atom stereocenters. The average molecular weight is 298 g/mol. The smallest absolute Gasteiger partial charge is 0.155 e. The largest absolute Gasteiger partial charge is 0.512 e. The number of allylic oxidation sites excluding steroid dienone is 2. The Labute approximate surface area is 97.9 Å². The van der Waals surface area contributed by atoms with E-state index in [2.05, 4.69) is 0 Å². The van der Waals surface area contributed by atoms with Crippen molar-refractivity contribution >= 4 is 5.78 Å². The molecular formula is C5H14NdO5. The van der Waals surface area contributed by atoms with Crippen LogP contribution in [0.3, 0.4) is 0 Å². The molecular weight excluding hydrogens is 284 g/mol. The molecule has 0 amide bonds. The third kappa shape index (κ3) is 37.7. The van der Waals surface area contributed by atoms with Crippen molar-refractivity contribution < 1.29 is 67.2 Å². The standard InChI is InChI=1S/C5H8O2.Nd.3H2O/c1-4(6)3-5(2)7;;;;/h3,6H,1-2H3;;3*1H2/b4-3-;;;;. The van der Waals surface area contributed by atoms with Crippen molar-refractivity contribution in [3.8, 4) is 0 Å². The van der Waals surface area contributed by atoms with E-state index in [4.69, 9.17) is 5.11 Å². The minimum absolute atomic E-state index is 0. The Bertz CT molecular complexity index is 107. The summed E-state index contributed by atoms with van der Waals surface area (Å²) >= 11 is 0. The summed E-state index contributed by atoms with van der Waals surface area (Å²) in [5.41, 5.74) is 0. The summed E-state index contributed by atoms with van der Waals surface area (Å²) in [6, 6.07) is 0. The van der Waals surface area contributed by atoms with Gasteiger partial charge in [0, 0.05) is 46.9 Å². The summed E-state index contributed by atoms with van der Waals surface area (Å²) in [5, 5.41) is 8.36. The quantitative estimate of drug-likeness (QED) is 0.469. The van der Waals surface area contributed by atoms with E-state index in [0.717, 1.165) is 0 Å². The number of rotatable bonds is 1. The van der Waals surface area contributed by atoms with E-state index < -0.39 is 0 Å². The van der Waals surface area contributed by atoms with Crippen molar-refractivity contribution in [2.75, 3.05) is 0 Å². The zero-order valence-electron chi connectivity index (χ0n) is 6.43. The number of carbonyl (C=O) groups is 1. The van der Waals surface area contributed by atoms with E-state index in [-0.39, 0.29) is 68.8 Å². The monoisotopic (exact) mass is 296 g/mol. The molecule has 5 nitrogen and oxygen atoms in total. The Hall–Kier alpha value is 0.441. The van der Waals surface area contributed by atoms with Crippen LogP contribution in [0.1, 0.15) is 13.8 Å². The van der Waals surface area contributed by atoms with E-state index in [1.54, 1.807) is 0 Å². The van der Waals surface area contributed by atoms with Crippen LogP contribution in [-0.2, 0) is 4.79 Å². The number of hydrogen-bond donors (Lipinski definition) is 1. The van der Waals surface area contributed by atoms with Crippen LogP contribution in [0.2, 0.25) is 0 Å². The Kier molecular flexibility index (Phi) is 45.9. The first-order chi connectivity index (χ1) is 3.13. The third-order valence-electron chi connectivity index (χ3n) is 0.412. The molecule has 0 aliphatic carbocycles. The molecule has 0 unspecified atom stereocenters. The van der Waals surface area contributed by atoms with Crippen LogP contribution in [0.25, 0.3) is 0 Å². The molecule has 0 heterocycles. The Balaban J connectivity index is -0.0000000300. The summed E-state index contributed by atoms with van der Waals surface area (Å²) in [4.78, 5) is 10.0. The molecule has 0 radical (unpaired) electrons. The fraction of sp³-hybridized carbons (Fsp3) is 0.400. The van der Waals surface area contributed by atoms with Gasteiger partial charge >= 0.3 is 0 Å². The Morgan fingerprint density at radius 1 is 1.18 bits per heavy atom. The molecule has 0 spiro atoms. The normalized spacial score (nSPS) is 7.27. The predicted molar refractivity (Wildman–Crippen MR) is 37.9 cm³/mol. The van der Waals surface area contributed by atoms with Crippen molar-refractivity contribution in [3.05, 3.63) is 11.8 Å². The first kappa shape index (κ1) is 30.1. The van der Waals surface area contributed by atoms with Gasteiger partial charge in [-0.25, -0.2) is 0 Å². The molecule has 0 aliphatic rings. The minimum Gasteiger partial charge on any atom is -0.512 e. The summed E-state index contributed by atoms with van der Waals surface area (Å²) < 4.78 is 0. The van der Waals surface area contributed by atoms with Crippen LogP contribution in [0.15, 0.2) is 11.8 Å². The second kappa shape index (κ2) is 16.8. The van der Waals surface area contributed by atoms with Gasteiger partial charge in [0.1, 0.15) is 0 Å². The molecule has 7 N–H and O–H groups in total. The molecule has 0 bridgehead atoms. The fourth-order valence-electron chi connectivity index (χ4n) is 0.294. The second-order valence-corrected chi connectivity index (χ2v) is 1.40. The summed E-state index contributed by atoms with van der Waals surface area (Å²) in [6.07, 6.45) is 1.17. The van der Waals surface area contributed by atoms with E-state index >= 15 is 0 Å². The van der Waals surface area contributed by atoms with Gasteiger partial charge in [-0.3, -0.25) is 4.79 Å². The molecule has 6 heteroatoms. The summed E-state index contributed by atoms with van der Waals surface area (Å²) in [7, 11) is 0. The fourth-order valence-corrected chi connectivity index (χ4v) is 0.294. The van der Waals surface area contributed by atoms with Gasteiger partial charge in [-0.1, -0.05) is 0 Å². The van der Waals surface area contributed by atoms with Gasteiger partial charge in [-0.05, 0) is 13.8 Å². The number of aliphatic hydroxyl groups is 1. The third-order valence-corrected chi connectivity index (χ3v) is 0.412. The zero-order chi connectivity index (χ0) is 5.86. The van der Waals surface area contributed by atoms with Crippen molar-refractivity contribution in [1.29, 1.82) is 0 Å². The SMILES string of the molecule is CC(=O)/C=C(/C)O.O.O.O.[Nd]. The van der Waals surface area contributed by atoms with Crippen LogP contribution in [-0.4, -0.2) is 27.3 Å². The van der Waals surface area contributed by atoms with Gasteiger partial charge in [0.15, 0.2) is 5.78 Å². The average Bonchev–Trinajstić information content (AvgIpc) is 1.27. The number of hydrogen-bond acceptors (Lipinski definition) is 2. The zero-order valence-corrected chi connectivity index (χ0v) is 9.64. The molecule has 0 aromatic rings.